The first-order valence-corrected chi connectivity index (χ1v) is 3.89. The summed E-state index contributed by atoms with van der Waals surface area (Å²) in [6, 6.07) is 0. The van der Waals surface area contributed by atoms with E-state index < -0.39 is 0 Å². The molecule has 0 fully saturated rings. The van der Waals surface area contributed by atoms with Gasteiger partial charge < -0.3 is 5.73 Å². The summed E-state index contributed by atoms with van der Waals surface area (Å²) >= 11 is 3.17. The molecule has 0 unspecified atom stereocenters. The molecule has 1 atom stereocenters. The summed E-state index contributed by atoms with van der Waals surface area (Å²) in [5, 5.41) is 0. The molecule has 0 aliphatic carbocycles. The van der Waals surface area contributed by atoms with Gasteiger partial charge in [0.2, 0.25) is 5.91 Å². The molecule has 0 radical (unpaired) electrons. The molecule has 54 valence electrons. The van der Waals surface area contributed by atoms with Gasteiger partial charge in [-0.15, -0.1) is 0 Å². The van der Waals surface area contributed by atoms with E-state index in [1.54, 1.807) is 0 Å². The van der Waals surface area contributed by atoms with Crippen molar-refractivity contribution in [3.8, 4) is 0 Å². The van der Waals surface area contributed by atoms with Crippen molar-refractivity contribution in [2.24, 2.45) is 11.7 Å². The number of carbonyl (C=O) groups is 1. The highest BCUT2D eigenvalue weighted by Crippen LogP contribution is 2.11. The highest BCUT2D eigenvalue weighted by atomic mass is 79.9. The molecule has 0 aromatic rings. The first kappa shape index (κ1) is 8.95. The fraction of sp³-hybridized carbons (Fsp3) is 0.833. The van der Waals surface area contributed by atoms with Crippen LogP contribution in [0.5, 0.6) is 0 Å². The van der Waals surface area contributed by atoms with Crippen LogP contribution in [-0.2, 0) is 4.79 Å². The van der Waals surface area contributed by atoms with Crippen LogP contribution < -0.4 is 5.73 Å². The maximum absolute atomic E-state index is 10.4. The second-order valence-corrected chi connectivity index (χ2v) is 3.60. The van der Waals surface area contributed by atoms with Gasteiger partial charge in [0, 0.05) is 0 Å². The van der Waals surface area contributed by atoms with Gasteiger partial charge in [0.05, 0.1) is 4.83 Å². The summed E-state index contributed by atoms with van der Waals surface area (Å²) in [6.45, 7) is 4.11. The fourth-order valence-electron chi connectivity index (χ4n) is 0.530. The Balaban J connectivity index is 3.50. The third-order valence-corrected chi connectivity index (χ3v) is 1.81. The highest BCUT2D eigenvalue weighted by molar-refractivity contribution is 9.10. The summed E-state index contributed by atoms with van der Waals surface area (Å²) in [4.78, 5) is 10.3. The van der Waals surface area contributed by atoms with Crippen LogP contribution in [-0.4, -0.2) is 10.7 Å². The van der Waals surface area contributed by atoms with E-state index in [0.717, 1.165) is 6.42 Å². The second-order valence-electron chi connectivity index (χ2n) is 2.50. The van der Waals surface area contributed by atoms with E-state index in [1.165, 1.54) is 0 Å². The molecule has 0 aromatic heterocycles. The number of rotatable bonds is 3. The van der Waals surface area contributed by atoms with Crippen molar-refractivity contribution in [3.63, 3.8) is 0 Å². The summed E-state index contributed by atoms with van der Waals surface area (Å²) in [5.41, 5.74) is 5.00. The van der Waals surface area contributed by atoms with Crippen molar-refractivity contribution in [2.75, 3.05) is 0 Å². The van der Waals surface area contributed by atoms with Crippen molar-refractivity contribution < 1.29 is 4.79 Å². The van der Waals surface area contributed by atoms with Crippen molar-refractivity contribution >= 4 is 21.8 Å². The maximum Gasteiger partial charge on any atom is 0.231 e. The van der Waals surface area contributed by atoms with Gasteiger partial charge in [-0.2, -0.15) is 0 Å². The summed E-state index contributed by atoms with van der Waals surface area (Å²) in [6.07, 6.45) is 0.815. The Morgan fingerprint density at radius 3 is 2.22 bits per heavy atom. The molecule has 0 aromatic carbocycles. The molecule has 2 nitrogen and oxygen atoms in total. The van der Waals surface area contributed by atoms with Crippen LogP contribution in [0.1, 0.15) is 20.3 Å². The van der Waals surface area contributed by atoms with Crippen LogP contribution in [0.2, 0.25) is 0 Å². The van der Waals surface area contributed by atoms with Gasteiger partial charge in [-0.1, -0.05) is 29.8 Å². The monoisotopic (exact) mass is 193 g/mol. The standard InChI is InChI=1S/C6H12BrNO/c1-4(2)3-5(7)6(8)9/h4-5H,3H2,1-2H3,(H2,8,9)/t5-/m1/s1. The summed E-state index contributed by atoms with van der Waals surface area (Å²) in [5.74, 6) is 0.241. The predicted molar refractivity (Wildman–Crippen MR) is 41.4 cm³/mol. The minimum absolute atomic E-state index is 0.155. The van der Waals surface area contributed by atoms with Crippen molar-refractivity contribution in [1.82, 2.24) is 0 Å². The van der Waals surface area contributed by atoms with E-state index >= 15 is 0 Å². The molecule has 0 spiro atoms. The minimum Gasteiger partial charge on any atom is -0.369 e. The molecule has 0 saturated carbocycles. The number of amides is 1. The zero-order valence-electron chi connectivity index (χ0n) is 5.73. The molecular weight excluding hydrogens is 182 g/mol. The predicted octanol–water partition coefficient (Wildman–Crippen LogP) is 1.28. The molecule has 3 heteroatoms. The Hall–Kier alpha value is -0.0500. The SMILES string of the molecule is CC(C)C[C@@H](Br)C(N)=O. The van der Waals surface area contributed by atoms with E-state index in [4.69, 9.17) is 5.73 Å². The third-order valence-electron chi connectivity index (χ3n) is 0.987. The Bertz CT molecular complexity index is 103. The smallest absolute Gasteiger partial charge is 0.231 e. The van der Waals surface area contributed by atoms with Gasteiger partial charge in [-0.3, -0.25) is 4.79 Å². The molecule has 0 saturated heterocycles. The van der Waals surface area contributed by atoms with Crippen LogP contribution in [0.15, 0.2) is 0 Å². The fourth-order valence-corrected chi connectivity index (χ4v) is 1.28. The quantitative estimate of drug-likeness (QED) is 0.675. The van der Waals surface area contributed by atoms with Crippen LogP contribution in [0.4, 0.5) is 0 Å². The number of hydrogen-bond donors (Lipinski definition) is 1. The molecule has 0 rings (SSSR count). The lowest BCUT2D eigenvalue weighted by atomic mass is 10.1. The van der Waals surface area contributed by atoms with E-state index in [-0.39, 0.29) is 10.7 Å². The molecule has 9 heavy (non-hydrogen) atoms. The molecule has 2 N–H and O–H groups in total. The van der Waals surface area contributed by atoms with Crippen LogP contribution in [0.3, 0.4) is 0 Å². The van der Waals surface area contributed by atoms with Gasteiger partial charge in [-0.25, -0.2) is 0 Å². The molecule has 0 heterocycles. The Morgan fingerprint density at radius 1 is 1.67 bits per heavy atom. The lowest BCUT2D eigenvalue weighted by Gasteiger charge is -2.06. The molecule has 0 bridgehead atoms. The maximum atomic E-state index is 10.4. The van der Waals surface area contributed by atoms with Crippen LogP contribution >= 0.6 is 15.9 Å². The van der Waals surface area contributed by atoms with Gasteiger partial charge in [-0.05, 0) is 12.3 Å². The topological polar surface area (TPSA) is 43.1 Å². The zero-order valence-corrected chi connectivity index (χ0v) is 7.31. The van der Waals surface area contributed by atoms with Crippen molar-refractivity contribution in [1.29, 1.82) is 0 Å². The Labute approximate surface area is 63.9 Å². The average molecular weight is 194 g/mol. The number of nitrogens with two attached hydrogens (primary N) is 1. The summed E-state index contributed by atoms with van der Waals surface area (Å²) in [7, 11) is 0. The number of primary amides is 1. The van der Waals surface area contributed by atoms with Crippen LogP contribution in [0, 0.1) is 5.92 Å². The van der Waals surface area contributed by atoms with Gasteiger partial charge in [0.1, 0.15) is 0 Å². The highest BCUT2D eigenvalue weighted by Gasteiger charge is 2.11. The second kappa shape index (κ2) is 3.88. The zero-order chi connectivity index (χ0) is 7.44. The van der Waals surface area contributed by atoms with E-state index in [0.29, 0.717) is 5.92 Å². The average Bonchev–Trinajstić information content (AvgIpc) is 1.63. The molecule has 1 amide bonds. The normalized spacial score (nSPS) is 13.8. The summed E-state index contributed by atoms with van der Waals surface area (Å²) < 4.78 is 0. The lowest BCUT2D eigenvalue weighted by molar-refractivity contribution is -0.117. The van der Waals surface area contributed by atoms with Crippen LogP contribution in [0.25, 0.3) is 0 Å². The van der Waals surface area contributed by atoms with Gasteiger partial charge in [0.25, 0.3) is 0 Å². The number of carbonyl (C=O) groups excluding carboxylic acids is 1. The largest absolute Gasteiger partial charge is 0.369 e. The van der Waals surface area contributed by atoms with E-state index in [9.17, 15) is 4.79 Å². The molecule has 0 aliphatic rings. The van der Waals surface area contributed by atoms with E-state index in [2.05, 4.69) is 29.8 Å². The van der Waals surface area contributed by atoms with Crippen molar-refractivity contribution in [2.45, 2.75) is 25.1 Å². The van der Waals surface area contributed by atoms with E-state index in [1.807, 2.05) is 0 Å². The lowest BCUT2D eigenvalue weighted by Crippen LogP contribution is -2.24. The molecule has 0 aliphatic heterocycles. The number of halogens is 1. The Kier molecular flexibility index (Phi) is 3.86. The van der Waals surface area contributed by atoms with Crippen molar-refractivity contribution in [3.05, 3.63) is 0 Å². The number of alkyl halides is 1. The van der Waals surface area contributed by atoms with Gasteiger partial charge >= 0.3 is 0 Å². The Morgan fingerprint density at radius 2 is 2.11 bits per heavy atom. The molecular formula is C6H12BrNO. The minimum atomic E-state index is -0.274. The van der Waals surface area contributed by atoms with Gasteiger partial charge in [0.15, 0.2) is 0 Å². The first-order chi connectivity index (χ1) is 4.04. The number of hydrogen-bond acceptors (Lipinski definition) is 1. The first-order valence-electron chi connectivity index (χ1n) is 2.97. The third kappa shape index (κ3) is 4.45.